The van der Waals surface area contributed by atoms with E-state index in [1.54, 1.807) is 0 Å². The minimum absolute atomic E-state index is 0.0539. The molecule has 0 bridgehead atoms. The van der Waals surface area contributed by atoms with Crippen molar-refractivity contribution in [3.8, 4) is 0 Å². The summed E-state index contributed by atoms with van der Waals surface area (Å²) in [6.07, 6.45) is 1.15. The van der Waals surface area contributed by atoms with Crippen LogP contribution in [0.25, 0.3) is 0 Å². The molecule has 1 aliphatic heterocycles. The molecule has 3 N–H and O–H groups in total. The van der Waals surface area contributed by atoms with E-state index in [0.29, 0.717) is 11.4 Å². The summed E-state index contributed by atoms with van der Waals surface area (Å²) in [6, 6.07) is 0. The van der Waals surface area contributed by atoms with Crippen LogP contribution in [0.1, 0.15) is 49.3 Å². The van der Waals surface area contributed by atoms with Gasteiger partial charge in [0.1, 0.15) is 0 Å². The van der Waals surface area contributed by atoms with E-state index < -0.39 is 0 Å². The number of nitrogen functional groups attached to an aromatic ring is 1. The average Bonchev–Trinajstić information content (AvgIpc) is 2.81. The van der Waals surface area contributed by atoms with Gasteiger partial charge in [-0.1, -0.05) is 20.8 Å². The van der Waals surface area contributed by atoms with Crippen molar-refractivity contribution in [2.75, 3.05) is 38.5 Å². The SMILES string of the molecule is CCCN1CCN(C(=O)c2n[nH]c(C(C)C)c2N)CC1. The van der Waals surface area contributed by atoms with Crippen molar-refractivity contribution in [1.82, 2.24) is 20.0 Å². The maximum absolute atomic E-state index is 12.5. The summed E-state index contributed by atoms with van der Waals surface area (Å²) in [4.78, 5) is 16.7. The Morgan fingerprint density at radius 3 is 2.50 bits per heavy atom. The number of amides is 1. The van der Waals surface area contributed by atoms with E-state index in [-0.39, 0.29) is 11.8 Å². The zero-order chi connectivity index (χ0) is 14.7. The molecule has 0 aliphatic carbocycles. The second-order valence-electron chi connectivity index (χ2n) is 5.69. The van der Waals surface area contributed by atoms with Crippen LogP contribution in [0.3, 0.4) is 0 Å². The molecule has 1 aromatic rings. The molecule has 1 amide bonds. The lowest BCUT2D eigenvalue weighted by Crippen LogP contribution is -2.49. The van der Waals surface area contributed by atoms with Gasteiger partial charge in [0.2, 0.25) is 0 Å². The minimum Gasteiger partial charge on any atom is -0.395 e. The fourth-order valence-corrected chi connectivity index (χ4v) is 2.61. The first-order chi connectivity index (χ1) is 9.54. The number of nitrogens with two attached hydrogens (primary N) is 1. The van der Waals surface area contributed by atoms with E-state index in [0.717, 1.165) is 44.8 Å². The largest absolute Gasteiger partial charge is 0.395 e. The van der Waals surface area contributed by atoms with Crippen molar-refractivity contribution >= 4 is 11.6 Å². The molecule has 0 spiro atoms. The van der Waals surface area contributed by atoms with Gasteiger partial charge in [-0.05, 0) is 18.9 Å². The molecule has 6 heteroatoms. The zero-order valence-electron chi connectivity index (χ0n) is 12.6. The predicted molar refractivity (Wildman–Crippen MR) is 79.7 cm³/mol. The highest BCUT2D eigenvalue weighted by molar-refractivity contribution is 5.97. The third kappa shape index (κ3) is 2.95. The van der Waals surface area contributed by atoms with Gasteiger partial charge in [-0.3, -0.25) is 14.8 Å². The molecule has 0 unspecified atom stereocenters. The van der Waals surface area contributed by atoms with Crippen molar-refractivity contribution in [3.63, 3.8) is 0 Å². The molecule has 0 atom stereocenters. The summed E-state index contributed by atoms with van der Waals surface area (Å²) in [5, 5.41) is 7.00. The van der Waals surface area contributed by atoms with Gasteiger partial charge in [0.05, 0.1) is 11.4 Å². The molecule has 1 saturated heterocycles. The standard InChI is InChI=1S/C14H25N5O/c1-4-5-18-6-8-19(9-7-18)14(20)13-11(15)12(10(2)3)16-17-13/h10H,4-9,15H2,1-3H3,(H,16,17). The molecule has 1 aromatic heterocycles. The van der Waals surface area contributed by atoms with Crippen molar-refractivity contribution in [3.05, 3.63) is 11.4 Å². The Bertz CT molecular complexity index is 460. The van der Waals surface area contributed by atoms with E-state index in [9.17, 15) is 4.79 Å². The monoisotopic (exact) mass is 279 g/mol. The van der Waals surface area contributed by atoms with Crippen LogP contribution in [-0.4, -0.2) is 58.6 Å². The molecule has 2 rings (SSSR count). The number of hydrogen-bond acceptors (Lipinski definition) is 4. The quantitative estimate of drug-likeness (QED) is 0.870. The highest BCUT2D eigenvalue weighted by Crippen LogP contribution is 2.23. The highest BCUT2D eigenvalue weighted by atomic mass is 16.2. The molecule has 0 aromatic carbocycles. The van der Waals surface area contributed by atoms with Crippen molar-refractivity contribution in [2.24, 2.45) is 0 Å². The van der Waals surface area contributed by atoms with Crippen LogP contribution >= 0.6 is 0 Å². The van der Waals surface area contributed by atoms with Gasteiger partial charge in [0.15, 0.2) is 5.69 Å². The summed E-state index contributed by atoms with van der Waals surface area (Å²) >= 11 is 0. The van der Waals surface area contributed by atoms with Crippen LogP contribution < -0.4 is 5.73 Å². The first kappa shape index (κ1) is 14.8. The Morgan fingerprint density at radius 2 is 2.00 bits per heavy atom. The molecule has 6 nitrogen and oxygen atoms in total. The second-order valence-corrected chi connectivity index (χ2v) is 5.69. The summed E-state index contributed by atoms with van der Waals surface area (Å²) in [7, 11) is 0. The van der Waals surface area contributed by atoms with E-state index in [1.807, 2.05) is 18.7 Å². The molecule has 1 fully saturated rings. The van der Waals surface area contributed by atoms with Crippen molar-refractivity contribution < 1.29 is 4.79 Å². The Morgan fingerprint density at radius 1 is 1.35 bits per heavy atom. The van der Waals surface area contributed by atoms with Gasteiger partial charge in [-0.2, -0.15) is 5.10 Å². The number of anilines is 1. The second kappa shape index (κ2) is 6.26. The lowest BCUT2D eigenvalue weighted by molar-refractivity contribution is 0.0632. The number of carbonyl (C=O) groups excluding carboxylic acids is 1. The molecule has 20 heavy (non-hydrogen) atoms. The Labute approximate surface area is 120 Å². The first-order valence-electron chi connectivity index (χ1n) is 7.40. The van der Waals surface area contributed by atoms with E-state index in [2.05, 4.69) is 22.0 Å². The third-order valence-corrected chi connectivity index (χ3v) is 3.81. The molecule has 112 valence electrons. The van der Waals surface area contributed by atoms with Gasteiger partial charge in [-0.25, -0.2) is 0 Å². The summed E-state index contributed by atoms with van der Waals surface area (Å²) in [6.45, 7) is 10.7. The Kier molecular flexibility index (Phi) is 4.65. The fraction of sp³-hybridized carbons (Fsp3) is 0.714. The number of nitrogens with zero attached hydrogens (tertiary/aromatic N) is 3. The molecular formula is C14H25N5O. The van der Waals surface area contributed by atoms with Gasteiger partial charge in [-0.15, -0.1) is 0 Å². The summed E-state index contributed by atoms with van der Waals surface area (Å²) in [5.41, 5.74) is 7.75. The lowest BCUT2D eigenvalue weighted by atomic mass is 10.1. The molecular weight excluding hydrogens is 254 g/mol. The van der Waals surface area contributed by atoms with Crippen LogP contribution in [-0.2, 0) is 0 Å². The van der Waals surface area contributed by atoms with Crippen LogP contribution in [0.4, 0.5) is 5.69 Å². The number of aromatic amines is 1. The molecule has 0 saturated carbocycles. The Balaban J connectivity index is 2.02. The lowest BCUT2D eigenvalue weighted by Gasteiger charge is -2.34. The highest BCUT2D eigenvalue weighted by Gasteiger charge is 2.26. The number of aromatic nitrogens is 2. The number of carbonyl (C=O) groups is 1. The molecule has 0 radical (unpaired) electrons. The normalized spacial score (nSPS) is 16.9. The topological polar surface area (TPSA) is 78.2 Å². The molecule has 1 aliphatic rings. The number of hydrogen-bond donors (Lipinski definition) is 2. The fourth-order valence-electron chi connectivity index (χ4n) is 2.61. The molecule has 2 heterocycles. The minimum atomic E-state index is -0.0539. The first-order valence-corrected chi connectivity index (χ1v) is 7.40. The maximum atomic E-state index is 12.5. The van der Waals surface area contributed by atoms with Crippen molar-refractivity contribution in [2.45, 2.75) is 33.1 Å². The average molecular weight is 279 g/mol. The smallest absolute Gasteiger partial charge is 0.276 e. The van der Waals surface area contributed by atoms with Gasteiger partial charge in [0, 0.05) is 26.2 Å². The van der Waals surface area contributed by atoms with E-state index in [4.69, 9.17) is 5.73 Å². The number of piperazine rings is 1. The van der Waals surface area contributed by atoms with Crippen LogP contribution in [0.5, 0.6) is 0 Å². The summed E-state index contributed by atoms with van der Waals surface area (Å²) < 4.78 is 0. The third-order valence-electron chi connectivity index (χ3n) is 3.81. The van der Waals surface area contributed by atoms with Crippen molar-refractivity contribution in [1.29, 1.82) is 0 Å². The number of nitrogens with one attached hydrogen (secondary N) is 1. The van der Waals surface area contributed by atoms with Crippen LogP contribution in [0.15, 0.2) is 0 Å². The zero-order valence-corrected chi connectivity index (χ0v) is 12.6. The number of rotatable bonds is 4. The van der Waals surface area contributed by atoms with Crippen LogP contribution in [0.2, 0.25) is 0 Å². The van der Waals surface area contributed by atoms with Gasteiger partial charge >= 0.3 is 0 Å². The maximum Gasteiger partial charge on any atom is 0.276 e. The Hall–Kier alpha value is -1.56. The summed E-state index contributed by atoms with van der Waals surface area (Å²) in [5.74, 6) is 0.187. The number of H-pyrrole nitrogens is 1. The van der Waals surface area contributed by atoms with E-state index in [1.165, 1.54) is 0 Å². The van der Waals surface area contributed by atoms with Crippen LogP contribution in [0, 0.1) is 0 Å². The van der Waals surface area contributed by atoms with Gasteiger partial charge in [0.25, 0.3) is 5.91 Å². The van der Waals surface area contributed by atoms with Gasteiger partial charge < -0.3 is 10.6 Å². The van der Waals surface area contributed by atoms with E-state index >= 15 is 0 Å². The predicted octanol–water partition coefficient (Wildman–Crippen LogP) is 1.28.